The number of ketones is 1. The molecule has 0 bridgehead atoms. The Morgan fingerprint density at radius 2 is 1.84 bits per heavy atom. The first kappa shape index (κ1) is 16.7. The summed E-state index contributed by atoms with van der Waals surface area (Å²) < 4.78 is 12.1. The van der Waals surface area contributed by atoms with E-state index in [1.54, 1.807) is 12.1 Å². The lowest BCUT2D eigenvalue weighted by molar-refractivity contribution is -0.141. The van der Waals surface area contributed by atoms with Gasteiger partial charge in [-0.1, -0.05) is 36.4 Å². The summed E-state index contributed by atoms with van der Waals surface area (Å²) in [6, 6.07) is 15.1. The van der Waals surface area contributed by atoms with Crippen molar-refractivity contribution in [3.05, 3.63) is 59.8 Å². The smallest absolute Gasteiger partial charge is 0.327 e. The number of hydrogen-bond donors (Lipinski definition) is 0. The van der Waals surface area contributed by atoms with E-state index in [2.05, 4.69) is 5.10 Å². The highest BCUT2D eigenvalue weighted by atomic mass is 16.5. The van der Waals surface area contributed by atoms with Gasteiger partial charge in [0.25, 0.3) is 0 Å². The predicted octanol–water partition coefficient (Wildman–Crippen LogP) is 2.99. The van der Waals surface area contributed by atoms with Crippen LogP contribution in [0.25, 0.3) is 10.9 Å². The second kappa shape index (κ2) is 7.17. The SMILES string of the molecule is COC(=O)Cn1nc(C(C)=O)c2c(OCc3ccccc3)cccc21. The lowest BCUT2D eigenvalue weighted by Crippen LogP contribution is -2.13. The number of carbonyl (C=O) groups is 2. The molecule has 0 unspecified atom stereocenters. The molecule has 3 aromatic rings. The van der Waals surface area contributed by atoms with Crippen LogP contribution >= 0.6 is 0 Å². The Morgan fingerprint density at radius 1 is 1.08 bits per heavy atom. The molecule has 0 saturated carbocycles. The summed E-state index contributed by atoms with van der Waals surface area (Å²) in [5, 5.41) is 4.89. The predicted molar refractivity (Wildman–Crippen MR) is 92.5 cm³/mol. The fraction of sp³-hybridized carbons (Fsp3) is 0.211. The third-order valence-electron chi connectivity index (χ3n) is 3.82. The molecule has 0 radical (unpaired) electrons. The first-order chi connectivity index (χ1) is 12.1. The van der Waals surface area contributed by atoms with Crippen LogP contribution in [-0.4, -0.2) is 28.6 Å². The molecule has 0 aliphatic rings. The van der Waals surface area contributed by atoms with E-state index in [9.17, 15) is 9.59 Å². The topological polar surface area (TPSA) is 70.4 Å². The van der Waals surface area contributed by atoms with Crippen molar-refractivity contribution in [2.45, 2.75) is 20.1 Å². The average Bonchev–Trinajstić information content (AvgIpc) is 3.00. The van der Waals surface area contributed by atoms with E-state index >= 15 is 0 Å². The van der Waals surface area contributed by atoms with Gasteiger partial charge in [0.05, 0.1) is 18.0 Å². The van der Waals surface area contributed by atoms with Crippen molar-refractivity contribution in [2.75, 3.05) is 7.11 Å². The van der Waals surface area contributed by atoms with Gasteiger partial charge in [0, 0.05) is 6.92 Å². The van der Waals surface area contributed by atoms with Crippen LogP contribution in [0.4, 0.5) is 0 Å². The van der Waals surface area contributed by atoms with E-state index in [0.29, 0.717) is 23.3 Å². The monoisotopic (exact) mass is 338 g/mol. The normalized spacial score (nSPS) is 10.6. The number of nitrogens with zero attached hydrogens (tertiary/aromatic N) is 2. The van der Waals surface area contributed by atoms with Crippen LogP contribution in [-0.2, 0) is 22.7 Å². The van der Waals surface area contributed by atoms with Crippen molar-refractivity contribution in [3.63, 3.8) is 0 Å². The molecule has 1 aromatic heterocycles. The van der Waals surface area contributed by atoms with Gasteiger partial charge in [0.15, 0.2) is 5.78 Å². The molecule has 0 aliphatic carbocycles. The van der Waals surface area contributed by atoms with Gasteiger partial charge in [-0.3, -0.25) is 14.3 Å². The second-order valence-electron chi connectivity index (χ2n) is 5.56. The second-order valence-corrected chi connectivity index (χ2v) is 5.56. The average molecular weight is 338 g/mol. The maximum Gasteiger partial charge on any atom is 0.327 e. The summed E-state index contributed by atoms with van der Waals surface area (Å²) in [6.07, 6.45) is 0. The van der Waals surface area contributed by atoms with Gasteiger partial charge in [0.2, 0.25) is 0 Å². The third kappa shape index (κ3) is 3.52. The highest BCUT2D eigenvalue weighted by Crippen LogP contribution is 2.30. The number of rotatable bonds is 6. The molecular formula is C19H18N2O4. The van der Waals surface area contributed by atoms with Gasteiger partial charge in [-0.25, -0.2) is 0 Å². The van der Waals surface area contributed by atoms with Crippen LogP contribution in [0.3, 0.4) is 0 Å². The number of aromatic nitrogens is 2. The Hall–Kier alpha value is -3.15. The number of benzene rings is 2. The first-order valence-electron chi connectivity index (χ1n) is 7.84. The number of methoxy groups -OCH3 is 1. The van der Waals surface area contributed by atoms with Gasteiger partial charge < -0.3 is 9.47 Å². The fourth-order valence-corrected chi connectivity index (χ4v) is 2.61. The molecule has 3 rings (SSSR count). The largest absolute Gasteiger partial charge is 0.488 e. The van der Waals surface area contributed by atoms with Crippen LogP contribution in [0, 0.1) is 0 Å². The number of carbonyl (C=O) groups excluding carboxylic acids is 2. The quantitative estimate of drug-likeness (QED) is 0.510. The summed E-state index contributed by atoms with van der Waals surface area (Å²) in [5.41, 5.74) is 1.95. The molecule has 0 spiro atoms. The van der Waals surface area contributed by atoms with E-state index in [1.807, 2.05) is 36.4 Å². The van der Waals surface area contributed by atoms with Gasteiger partial charge in [0.1, 0.15) is 24.6 Å². The van der Waals surface area contributed by atoms with E-state index in [0.717, 1.165) is 5.56 Å². The van der Waals surface area contributed by atoms with E-state index in [-0.39, 0.29) is 18.0 Å². The minimum atomic E-state index is -0.435. The van der Waals surface area contributed by atoms with Crippen LogP contribution in [0.5, 0.6) is 5.75 Å². The molecule has 6 nitrogen and oxygen atoms in total. The Morgan fingerprint density at radius 3 is 2.52 bits per heavy atom. The van der Waals surface area contributed by atoms with Crippen molar-refractivity contribution in [3.8, 4) is 5.75 Å². The molecule has 0 amide bonds. The van der Waals surface area contributed by atoms with Crippen molar-refractivity contribution in [1.82, 2.24) is 9.78 Å². The molecule has 0 fully saturated rings. The Kier molecular flexibility index (Phi) is 4.79. The fourth-order valence-electron chi connectivity index (χ4n) is 2.61. The van der Waals surface area contributed by atoms with Crippen molar-refractivity contribution >= 4 is 22.7 Å². The molecule has 25 heavy (non-hydrogen) atoms. The van der Waals surface area contributed by atoms with Crippen molar-refractivity contribution < 1.29 is 19.1 Å². The lowest BCUT2D eigenvalue weighted by atomic mass is 10.1. The Balaban J connectivity index is 2.01. The van der Waals surface area contributed by atoms with Crippen LogP contribution in [0.15, 0.2) is 48.5 Å². The first-order valence-corrected chi connectivity index (χ1v) is 7.84. The lowest BCUT2D eigenvalue weighted by Gasteiger charge is -2.08. The maximum absolute atomic E-state index is 12.0. The summed E-state index contributed by atoms with van der Waals surface area (Å²) in [6.45, 7) is 1.75. The van der Waals surface area contributed by atoms with Gasteiger partial charge >= 0.3 is 5.97 Å². The van der Waals surface area contributed by atoms with Gasteiger partial charge in [-0.15, -0.1) is 0 Å². The third-order valence-corrected chi connectivity index (χ3v) is 3.82. The van der Waals surface area contributed by atoms with Crippen LogP contribution in [0.2, 0.25) is 0 Å². The molecule has 0 saturated heterocycles. The number of esters is 1. The highest BCUT2D eigenvalue weighted by Gasteiger charge is 2.19. The number of Topliss-reactive ketones (excluding diaryl/α,β-unsaturated/α-hetero) is 1. The van der Waals surface area contributed by atoms with Gasteiger partial charge in [-0.2, -0.15) is 5.10 Å². The molecule has 1 heterocycles. The summed E-state index contributed by atoms with van der Waals surface area (Å²) in [7, 11) is 1.31. The van der Waals surface area contributed by atoms with Crippen LogP contribution < -0.4 is 4.74 Å². The molecular weight excluding hydrogens is 320 g/mol. The maximum atomic E-state index is 12.0. The molecule has 2 aromatic carbocycles. The van der Waals surface area contributed by atoms with E-state index in [4.69, 9.17) is 9.47 Å². The standard InChI is InChI=1S/C19H18N2O4/c1-13(22)19-18-15(21(20-19)11-17(23)24-2)9-6-10-16(18)25-12-14-7-4-3-5-8-14/h3-10H,11-12H2,1-2H3. The number of hydrogen-bond acceptors (Lipinski definition) is 5. The molecule has 0 N–H and O–H groups in total. The zero-order valence-corrected chi connectivity index (χ0v) is 14.1. The van der Waals surface area contributed by atoms with Crippen molar-refractivity contribution in [2.24, 2.45) is 0 Å². The Labute approximate surface area is 145 Å². The molecule has 6 heteroatoms. The van der Waals surface area contributed by atoms with E-state index < -0.39 is 5.97 Å². The highest BCUT2D eigenvalue weighted by molar-refractivity contribution is 6.07. The zero-order chi connectivity index (χ0) is 17.8. The summed E-state index contributed by atoms with van der Waals surface area (Å²) in [5.74, 6) is -0.0674. The zero-order valence-electron chi connectivity index (χ0n) is 14.1. The molecule has 0 aliphatic heterocycles. The van der Waals surface area contributed by atoms with E-state index in [1.165, 1.54) is 18.7 Å². The van der Waals surface area contributed by atoms with Crippen LogP contribution in [0.1, 0.15) is 23.0 Å². The Bertz CT molecular complexity index is 916. The van der Waals surface area contributed by atoms with Crippen molar-refractivity contribution in [1.29, 1.82) is 0 Å². The minimum Gasteiger partial charge on any atom is -0.488 e. The molecule has 0 atom stereocenters. The summed E-state index contributed by atoms with van der Waals surface area (Å²) >= 11 is 0. The summed E-state index contributed by atoms with van der Waals surface area (Å²) in [4.78, 5) is 23.6. The number of fused-ring (bicyclic) bond motifs is 1. The van der Waals surface area contributed by atoms with Gasteiger partial charge in [-0.05, 0) is 17.7 Å². The number of ether oxygens (including phenoxy) is 2. The molecule has 128 valence electrons. The minimum absolute atomic E-state index is 0.0670.